The average molecular weight is 332 g/mol. The molecular weight excluding hydrogens is 312 g/mol. The fourth-order valence-corrected chi connectivity index (χ4v) is 4.00. The molecule has 1 aliphatic rings. The van der Waals surface area contributed by atoms with Crippen molar-refractivity contribution in [1.82, 2.24) is 5.32 Å². The van der Waals surface area contributed by atoms with Crippen molar-refractivity contribution in [2.24, 2.45) is 5.14 Å². The van der Waals surface area contributed by atoms with Crippen LogP contribution in [0.15, 0.2) is 16.3 Å². The Bertz CT molecular complexity index is 577. The minimum absolute atomic E-state index is 0.0230. The summed E-state index contributed by atoms with van der Waals surface area (Å²) in [5, 5.41) is 7.88. The minimum Gasteiger partial charge on any atom is -0.378 e. The molecule has 0 aliphatic carbocycles. The molecule has 8 heteroatoms. The maximum atomic E-state index is 11.8. The molecule has 0 aromatic carbocycles. The first-order valence-electron chi connectivity index (χ1n) is 6.95. The predicted molar refractivity (Wildman–Crippen MR) is 80.6 cm³/mol. The second-order valence-electron chi connectivity index (χ2n) is 5.06. The summed E-state index contributed by atoms with van der Waals surface area (Å²) < 4.78 is 28.0. The third-order valence-corrected chi connectivity index (χ3v) is 5.88. The van der Waals surface area contributed by atoms with E-state index in [1.165, 1.54) is 6.07 Å². The van der Waals surface area contributed by atoms with E-state index in [0.717, 1.165) is 42.1 Å². The summed E-state index contributed by atoms with van der Waals surface area (Å²) in [7, 11) is -3.63. The number of primary sulfonamides is 1. The third-order valence-electron chi connectivity index (χ3n) is 3.30. The van der Waals surface area contributed by atoms with Crippen LogP contribution >= 0.6 is 11.3 Å². The largest absolute Gasteiger partial charge is 0.378 e. The Labute approximate surface area is 128 Å². The van der Waals surface area contributed by atoms with Crippen molar-refractivity contribution in [2.75, 3.05) is 13.2 Å². The van der Waals surface area contributed by atoms with Crippen LogP contribution in [-0.4, -0.2) is 33.6 Å². The zero-order chi connectivity index (χ0) is 15.3. The van der Waals surface area contributed by atoms with Gasteiger partial charge in [-0.3, -0.25) is 4.79 Å². The molecule has 1 aliphatic heterocycles. The highest BCUT2D eigenvalue weighted by molar-refractivity contribution is 7.91. The van der Waals surface area contributed by atoms with E-state index in [1.807, 2.05) is 0 Å². The SMILES string of the molecule is NS(=O)(=O)c1ccc(CCNC(=O)CC2CCCCO2)s1. The fraction of sp³-hybridized carbons (Fsp3) is 0.615. The lowest BCUT2D eigenvalue weighted by Crippen LogP contribution is -2.31. The van der Waals surface area contributed by atoms with Crippen LogP contribution in [-0.2, 0) is 26.0 Å². The van der Waals surface area contributed by atoms with Gasteiger partial charge in [-0.1, -0.05) is 0 Å². The number of nitrogens with one attached hydrogen (secondary N) is 1. The first kappa shape index (κ1) is 16.4. The Kier molecular flexibility index (Phi) is 5.74. The molecule has 21 heavy (non-hydrogen) atoms. The molecule has 0 bridgehead atoms. The average Bonchev–Trinajstić information content (AvgIpc) is 2.88. The quantitative estimate of drug-likeness (QED) is 0.812. The van der Waals surface area contributed by atoms with E-state index in [2.05, 4.69) is 5.32 Å². The van der Waals surface area contributed by atoms with E-state index in [4.69, 9.17) is 9.88 Å². The second kappa shape index (κ2) is 7.35. The number of sulfonamides is 1. The van der Waals surface area contributed by atoms with E-state index < -0.39 is 10.0 Å². The van der Waals surface area contributed by atoms with Crippen molar-refractivity contribution in [2.45, 2.75) is 42.4 Å². The van der Waals surface area contributed by atoms with E-state index in [0.29, 0.717) is 19.4 Å². The molecule has 1 aromatic rings. The van der Waals surface area contributed by atoms with Crippen LogP contribution in [0.1, 0.15) is 30.6 Å². The first-order chi connectivity index (χ1) is 9.95. The summed E-state index contributed by atoms with van der Waals surface area (Å²) in [6, 6.07) is 3.22. The molecule has 3 N–H and O–H groups in total. The second-order valence-corrected chi connectivity index (χ2v) is 8.02. The van der Waals surface area contributed by atoms with Crippen molar-refractivity contribution in [3.63, 3.8) is 0 Å². The van der Waals surface area contributed by atoms with Crippen molar-refractivity contribution < 1.29 is 17.9 Å². The number of amides is 1. The van der Waals surface area contributed by atoms with Crippen molar-refractivity contribution in [3.05, 3.63) is 17.0 Å². The van der Waals surface area contributed by atoms with Gasteiger partial charge in [-0.15, -0.1) is 11.3 Å². The number of nitrogens with two attached hydrogens (primary N) is 1. The van der Waals surface area contributed by atoms with Crippen LogP contribution in [0, 0.1) is 0 Å². The number of thiophene rings is 1. The smallest absolute Gasteiger partial charge is 0.247 e. The molecule has 118 valence electrons. The summed E-state index contributed by atoms with van der Waals surface area (Å²) in [5.74, 6) is -0.0230. The summed E-state index contributed by atoms with van der Waals surface area (Å²) in [6.07, 6.45) is 4.15. The van der Waals surface area contributed by atoms with Crippen molar-refractivity contribution in [3.8, 4) is 0 Å². The normalized spacial score (nSPS) is 19.4. The van der Waals surface area contributed by atoms with Gasteiger partial charge in [0.2, 0.25) is 15.9 Å². The van der Waals surface area contributed by atoms with E-state index in [-0.39, 0.29) is 16.2 Å². The van der Waals surface area contributed by atoms with Crippen molar-refractivity contribution in [1.29, 1.82) is 0 Å². The van der Waals surface area contributed by atoms with Gasteiger partial charge in [0.15, 0.2) is 0 Å². The molecule has 1 aromatic heterocycles. The highest BCUT2D eigenvalue weighted by atomic mass is 32.2. The lowest BCUT2D eigenvalue weighted by Gasteiger charge is -2.21. The van der Waals surface area contributed by atoms with Gasteiger partial charge < -0.3 is 10.1 Å². The number of ether oxygens (including phenoxy) is 1. The number of hydrogen-bond donors (Lipinski definition) is 2. The van der Waals surface area contributed by atoms with Crippen LogP contribution in [0.4, 0.5) is 0 Å². The molecule has 0 radical (unpaired) electrons. The van der Waals surface area contributed by atoms with Crippen LogP contribution in [0.2, 0.25) is 0 Å². The van der Waals surface area contributed by atoms with Gasteiger partial charge in [0.1, 0.15) is 4.21 Å². The molecule has 1 unspecified atom stereocenters. The highest BCUT2D eigenvalue weighted by Gasteiger charge is 2.17. The Balaban J connectivity index is 1.71. The molecule has 0 saturated carbocycles. The van der Waals surface area contributed by atoms with Gasteiger partial charge in [-0.25, -0.2) is 13.6 Å². The third kappa shape index (κ3) is 5.39. The molecule has 2 heterocycles. The summed E-state index contributed by atoms with van der Waals surface area (Å²) in [4.78, 5) is 12.6. The maximum Gasteiger partial charge on any atom is 0.247 e. The Morgan fingerprint density at radius 3 is 2.86 bits per heavy atom. The van der Waals surface area contributed by atoms with E-state index in [1.54, 1.807) is 6.07 Å². The summed E-state index contributed by atoms with van der Waals surface area (Å²) in [6.45, 7) is 1.22. The van der Waals surface area contributed by atoms with E-state index in [9.17, 15) is 13.2 Å². The van der Waals surface area contributed by atoms with Gasteiger partial charge in [0.05, 0.1) is 12.5 Å². The number of rotatable bonds is 6. The maximum absolute atomic E-state index is 11.8. The van der Waals surface area contributed by atoms with Crippen LogP contribution in [0.25, 0.3) is 0 Å². The van der Waals surface area contributed by atoms with Crippen LogP contribution in [0.5, 0.6) is 0 Å². The number of carbonyl (C=O) groups excluding carboxylic acids is 1. The van der Waals surface area contributed by atoms with Gasteiger partial charge in [0, 0.05) is 18.0 Å². The molecule has 2 rings (SSSR count). The lowest BCUT2D eigenvalue weighted by molar-refractivity contribution is -0.124. The zero-order valence-electron chi connectivity index (χ0n) is 11.7. The number of carbonyl (C=O) groups is 1. The molecule has 6 nitrogen and oxygen atoms in total. The summed E-state index contributed by atoms with van der Waals surface area (Å²) in [5.41, 5.74) is 0. The highest BCUT2D eigenvalue weighted by Crippen LogP contribution is 2.20. The molecule has 1 atom stereocenters. The molecule has 1 fully saturated rings. The molecule has 1 saturated heterocycles. The Hall–Kier alpha value is -0.960. The monoisotopic (exact) mass is 332 g/mol. The van der Waals surface area contributed by atoms with Crippen LogP contribution < -0.4 is 10.5 Å². The molecule has 0 spiro atoms. The minimum atomic E-state index is -3.63. The van der Waals surface area contributed by atoms with Crippen molar-refractivity contribution >= 4 is 27.3 Å². The standard InChI is InChI=1S/C13H20N2O4S2/c14-21(17,18)13-5-4-11(20-13)6-7-15-12(16)9-10-3-1-2-8-19-10/h4-5,10H,1-3,6-9H2,(H,15,16)(H2,14,17,18). The topological polar surface area (TPSA) is 98.5 Å². The predicted octanol–water partition coefficient (Wildman–Crippen LogP) is 1.01. The van der Waals surface area contributed by atoms with Gasteiger partial charge in [-0.05, 0) is 37.8 Å². The lowest BCUT2D eigenvalue weighted by atomic mass is 10.1. The molecular formula is C13H20N2O4S2. The Morgan fingerprint density at radius 1 is 1.43 bits per heavy atom. The van der Waals surface area contributed by atoms with Gasteiger partial charge in [0.25, 0.3) is 0 Å². The Morgan fingerprint density at radius 2 is 2.24 bits per heavy atom. The first-order valence-corrected chi connectivity index (χ1v) is 9.31. The van der Waals surface area contributed by atoms with E-state index >= 15 is 0 Å². The fourth-order valence-electron chi connectivity index (χ4n) is 2.22. The number of hydrogen-bond acceptors (Lipinski definition) is 5. The summed E-state index contributed by atoms with van der Waals surface area (Å²) >= 11 is 1.14. The molecule has 1 amide bonds. The van der Waals surface area contributed by atoms with Gasteiger partial charge in [-0.2, -0.15) is 0 Å². The van der Waals surface area contributed by atoms with Crippen LogP contribution in [0.3, 0.4) is 0 Å². The zero-order valence-corrected chi connectivity index (χ0v) is 13.3. The van der Waals surface area contributed by atoms with Gasteiger partial charge >= 0.3 is 0 Å².